The predicted octanol–water partition coefficient (Wildman–Crippen LogP) is 1.14. The molecule has 17 heavy (non-hydrogen) atoms. The van der Waals surface area contributed by atoms with Gasteiger partial charge in [-0.2, -0.15) is 0 Å². The Kier molecular flexibility index (Phi) is 4.40. The third kappa shape index (κ3) is 2.99. The third-order valence-corrected chi connectivity index (χ3v) is 4.05. The van der Waals surface area contributed by atoms with Crippen LogP contribution in [-0.4, -0.2) is 42.6 Å². The molecule has 0 unspecified atom stereocenters. The van der Waals surface area contributed by atoms with Crippen LogP contribution in [0.1, 0.15) is 39.0 Å². The van der Waals surface area contributed by atoms with Gasteiger partial charge in [-0.25, -0.2) is 0 Å². The van der Waals surface area contributed by atoms with Crippen LogP contribution in [0.5, 0.6) is 0 Å². The number of hydrogen-bond donors (Lipinski definition) is 1. The summed E-state index contributed by atoms with van der Waals surface area (Å²) in [5.74, 6) is 0.473. The normalized spacial score (nSPS) is 34.7. The van der Waals surface area contributed by atoms with E-state index in [2.05, 4.69) is 6.92 Å². The van der Waals surface area contributed by atoms with Gasteiger partial charge in [-0.05, 0) is 25.7 Å². The van der Waals surface area contributed by atoms with E-state index in [0.29, 0.717) is 19.1 Å². The van der Waals surface area contributed by atoms with Crippen LogP contribution in [0.4, 0.5) is 0 Å². The second-order valence-corrected chi connectivity index (χ2v) is 5.29. The van der Waals surface area contributed by atoms with Gasteiger partial charge in [0, 0.05) is 18.5 Å². The molecule has 0 bridgehead atoms. The monoisotopic (exact) mass is 240 g/mol. The fourth-order valence-corrected chi connectivity index (χ4v) is 2.97. The minimum absolute atomic E-state index is 0.158. The van der Waals surface area contributed by atoms with Crippen molar-refractivity contribution < 1.29 is 9.53 Å². The molecule has 98 valence electrons. The lowest BCUT2D eigenvalue weighted by Gasteiger charge is -2.38. The average Bonchev–Trinajstić information content (AvgIpc) is 2.38. The number of morpholine rings is 1. The van der Waals surface area contributed by atoms with Crippen molar-refractivity contribution in [1.82, 2.24) is 4.90 Å². The summed E-state index contributed by atoms with van der Waals surface area (Å²) in [4.78, 5) is 14.5. The fraction of sp³-hybridized carbons (Fsp3) is 0.923. The summed E-state index contributed by atoms with van der Waals surface area (Å²) in [7, 11) is 0. The number of ether oxygens (including phenoxy) is 1. The van der Waals surface area contributed by atoms with E-state index in [1.54, 1.807) is 0 Å². The Morgan fingerprint density at radius 1 is 1.47 bits per heavy atom. The Morgan fingerprint density at radius 2 is 2.29 bits per heavy atom. The van der Waals surface area contributed by atoms with E-state index >= 15 is 0 Å². The molecule has 1 aliphatic heterocycles. The van der Waals surface area contributed by atoms with Crippen molar-refractivity contribution in [3.8, 4) is 0 Å². The van der Waals surface area contributed by atoms with Gasteiger partial charge >= 0.3 is 0 Å². The summed E-state index contributed by atoms with van der Waals surface area (Å²) >= 11 is 0. The van der Waals surface area contributed by atoms with Gasteiger partial charge in [0.2, 0.25) is 5.91 Å². The second-order valence-electron chi connectivity index (χ2n) is 5.29. The molecule has 2 fully saturated rings. The molecule has 4 nitrogen and oxygen atoms in total. The Balaban J connectivity index is 1.97. The topological polar surface area (TPSA) is 55.6 Å². The molecule has 1 heterocycles. The number of nitrogens with zero attached hydrogens (tertiary/aromatic N) is 1. The number of rotatable bonds is 2. The largest absolute Gasteiger partial charge is 0.377 e. The zero-order valence-corrected chi connectivity index (χ0v) is 10.7. The van der Waals surface area contributed by atoms with Crippen molar-refractivity contribution in [3.63, 3.8) is 0 Å². The molecular formula is C13H24N2O2. The van der Waals surface area contributed by atoms with Gasteiger partial charge in [0.1, 0.15) is 0 Å². The molecule has 0 radical (unpaired) electrons. The standard InChI is InChI=1S/C13H24N2O2/c1-2-12-9-17-7-6-15(12)13(16)10-4-3-5-11(14)8-10/h10-12H,2-9,14H2,1H3/t10-,11-,12+/m0/s1. The lowest BCUT2D eigenvalue weighted by molar-refractivity contribution is -0.145. The number of carbonyl (C=O) groups excluding carboxylic acids is 1. The van der Waals surface area contributed by atoms with Crippen molar-refractivity contribution in [2.45, 2.75) is 51.1 Å². The van der Waals surface area contributed by atoms with Crippen LogP contribution in [0.15, 0.2) is 0 Å². The Hall–Kier alpha value is -0.610. The smallest absolute Gasteiger partial charge is 0.226 e. The highest BCUT2D eigenvalue weighted by molar-refractivity contribution is 5.79. The van der Waals surface area contributed by atoms with E-state index in [1.165, 1.54) is 0 Å². The molecule has 2 rings (SSSR count). The van der Waals surface area contributed by atoms with Crippen molar-refractivity contribution in [2.24, 2.45) is 11.7 Å². The molecule has 1 aliphatic carbocycles. The Bertz CT molecular complexity index is 270. The number of nitrogens with two attached hydrogens (primary N) is 1. The minimum atomic E-state index is 0.158. The van der Waals surface area contributed by atoms with Crippen LogP contribution in [-0.2, 0) is 9.53 Å². The van der Waals surface area contributed by atoms with Gasteiger partial charge in [-0.3, -0.25) is 4.79 Å². The summed E-state index contributed by atoms with van der Waals surface area (Å²) in [5, 5.41) is 0. The van der Waals surface area contributed by atoms with Crippen molar-refractivity contribution in [3.05, 3.63) is 0 Å². The maximum absolute atomic E-state index is 12.5. The van der Waals surface area contributed by atoms with E-state index in [0.717, 1.165) is 38.6 Å². The first-order chi connectivity index (χ1) is 8.22. The predicted molar refractivity (Wildman–Crippen MR) is 66.5 cm³/mol. The van der Waals surface area contributed by atoms with Crippen molar-refractivity contribution in [1.29, 1.82) is 0 Å². The molecule has 1 saturated heterocycles. The number of carbonyl (C=O) groups is 1. The van der Waals surface area contributed by atoms with Crippen LogP contribution in [0.2, 0.25) is 0 Å². The molecular weight excluding hydrogens is 216 g/mol. The van der Waals surface area contributed by atoms with Gasteiger partial charge in [-0.1, -0.05) is 13.3 Å². The lowest BCUT2D eigenvalue weighted by atomic mass is 9.85. The molecule has 4 heteroatoms. The van der Waals surface area contributed by atoms with E-state index < -0.39 is 0 Å². The van der Waals surface area contributed by atoms with Gasteiger partial charge in [0.25, 0.3) is 0 Å². The summed E-state index contributed by atoms with van der Waals surface area (Å²) in [6.07, 6.45) is 5.03. The van der Waals surface area contributed by atoms with Gasteiger partial charge in [-0.15, -0.1) is 0 Å². The Morgan fingerprint density at radius 3 is 3.00 bits per heavy atom. The molecule has 1 saturated carbocycles. The summed E-state index contributed by atoms with van der Waals surface area (Å²) in [5.41, 5.74) is 5.96. The molecule has 0 aromatic rings. The Labute approximate surface area is 103 Å². The minimum Gasteiger partial charge on any atom is -0.377 e. The SMILES string of the molecule is CC[C@@H]1COCCN1C(=O)[C@H]1CCC[C@H](N)C1. The van der Waals surface area contributed by atoms with Gasteiger partial charge in [0.05, 0.1) is 19.3 Å². The third-order valence-electron chi connectivity index (χ3n) is 4.05. The highest BCUT2D eigenvalue weighted by Gasteiger charge is 2.33. The highest BCUT2D eigenvalue weighted by atomic mass is 16.5. The van der Waals surface area contributed by atoms with Crippen molar-refractivity contribution >= 4 is 5.91 Å². The molecule has 0 aromatic heterocycles. The first-order valence-corrected chi connectivity index (χ1v) is 6.86. The molecule has 0 aromatic carbocycles. The first kappa shape index (κ1) is 12.8. The van der Waals surface area contributed by atoms with Crippen molar-refractivity contribution in [2.75, 3.05) is 19.8 Å². The molecule has 2 N–H and O–H groups in total. The highest BCUT2D eigenvalue weighted by Crippen LogP contribution is 2.26. The van der Waals surface area contributed by atoms with E-state index in [1.807, 2.05) is 4.90 Å². The van der Waals surface area contributed by atoms with E-state index in [-0.39, 0.29) is 18.0 Å². The maximum Gasteiger partial charge on any atom is 0.226 e. The van der Waals surface area contributed by atoms with Crippen LogP contribution in [0.25, 0.3) is 0 Å². The van der Waals surface area contributed by atoms with Gasteiger partial charge in [0.15, 0.2) is 0 Å². The summed E-state index contributed by atoms with van der Waals surface area (Å²) < 4.78 is 5.44. The quantitative estimate of drug-likeness (QED) is 0.787. The zero-order chi connectivity index (χ0) is 12.3. The molecule has 3 atom stereocenters. The van der Waals surface area contributed by atoms with Gasteiger partial charge < -0.3 is 15.4 Å². The van der Waals surface area contributed by atoms with Crippen LogP contribution < -0.4 is 5.73 Å². The zero-order valence-electron chi connectivity index (χ0n) is 10.7. The molecule has 2 aliphatic rings. The number of amides is 1. The molecule has 1 amide bonds. The van der Waals surface area contributed by atoms with E-state index in [4.69, 9.17) is 10.5 Å². The second kappa shape index (κ2) is 5.83. The average molecular weight is 240 g/mol. The van der Waals surface area contributed by atoms with Crippen LogP contribution >= 0.6 is 0 Å². The van der Waals surface area contributed by atoms with E-state index in [9.17, 15) is 4.79 Å². The summed E-state index contributed by atoms with van der Waals surface area (Å²) in [6.45, 7) is 4.25. The lowest BCUT2D eigenvalue weighted by Crippen LogP contribution is -2.51. The number of hydrogen-bond acceptors (Lipinski definition) is 3. The molecule has 0 spiro atoms. The van der Waals surface area contributed by atoms with Crippen LogP contribution in [0.3, 0.4) is 0 Å². The van der Waals surface area contributed by atoms with Crippen LogP contribution in [0, 0.1) is 5.92 Å². The maximum atomic E-state index is 12.5. The fourth-order valence-electron chi connectivity index (χ4n) is 2.97. The first-order valence-electron chi connectivity index (χ1n) is 6.86. The summed E-state index contributed by atoms with van der Waals surface area (Å²) in [6, 6.07) is 0.494.